The molecule has 0 spiro atoms. The molecular formula is C23H26N2O5S. The molecule has 0 bridgehead atoms. The molecule has 0 atom stereocenters. The Kier molecular flexibility index (Phi) is 7.71. The SMILES string of the molecule is Cc1c(C)c(C)c(C(=O)COC(=O)c2ccc(S(=O)(=O)NCCC#N)cc2)c(C)c1C. The molecule has 0 fully saturated rings. The first-order chi connectivity index (χ1) is 14.5. The lowest BCUT2D eigenvalue weighted by atomic mass is 9.88. The molecule has 0 unspecified atom stereocenters. The van der Waals surface area contributed by atoms with Gasteiger partial charge in [0.15, 0.2) is 6.61 Å². The van der Waals surface area contributed by atoms with Crippen LogP contribution in [0, 0.1) is 45.9 Å². The third-order valence-corrected chi connectivity index (χ3v) is 7.02. The number of nitrogens with one attached hydrogen (secondary N) is 1. The Balaban J connectivity index is 2.10. The highest BCUT2D eigenvalue weighted by atomic mass is 32.2. The average Bonchev–Trinajstić information content (AvgIpc) is 2.75. The maximum absolute atomic E-state index is 12.8. The van der Waals surface area contributed by atoms with Crippen molar-refractivity contribution in [3.8, 4) is 6.07 Å². The van der Waals surface area contributed by atoms with Crippen molar-refractivity contribution in [2.45, 2.75) is 45.9 Å². The van der Waals surface area contributed by atoms with Gasteiger partial charge >= 0.3 is 5.97 Å². The Labute approximate surface area is 183 Å². The molecule has 0 aromatic heterocycles. The predicted octanol–water partition coefficient (Wildman–Crippen LogP) is 3.46. The summed E-state index contributed by atoms with van der Waals surface area (Å²) in [6.45, 7) is 9.30. The molecule has 2 rings (SSSR count). The number of carbonyl (C=O) groups is 2. The van der Waals surface area contributed by atoms with Crippen molar-refractivity contribution in [2.24, 2.45) is 0 Å². The Morgan fingerprint density at radius 2 is 1.45 bits per heavy atom. The molecule has 164 valence electrons. The first kappa shape index (κ1) is 24.3. The highest BCUT2D eigenvalue weighted by Gasteiger charge is 2.20. The Hall–Kier alpha value is -3.02. The van der Waals surface area contributed by atoms with Crippen LogP contribution >= 0.6 is 0 Å². The van der Waals surface area contributed by atoms with Crippen LogP contribution in [0.25, 0.3) is 0 Å². The van der Waals surface area contributed by atoms with E-state index in [-0.39, 0.29) is 29.2 Å². The van der Waals surface area contributed by atoms with Gasteiger partial charge in [0, 0.05) is 18.5 Å². The number of hydrogen-bond acceptors (Lipinski definition) is 6. The van der Waals surface area contributed by atoms with Gasteiger partial charge in [-0.15, -0.1) is 0 Å². The number of hydrogen-bond donors (Lipinski definition) is 1. The van der Waals surface area contributed by atoms with E-state index in [1.165, 1.54) is 24.3 Å². The lowest BCUT2D eigenvalue weighted by Gasteiger charge is -2.17. The Morgan fingerprint density at radius 1 is 0.935 bits per heavy atom. The van der Waals surface area contributed by atoms with Gasteiger partial charge in [-0.05, 0) is 86.7 Å². The number of Topliss-reactive ketones (excluding diaryl/α,β-unsaturated/α-hetero) is 1. The molecule has 0 radical (unpaired) electrons. The molecule has 0 amide bonds. The summed E-state index contributed by atoms with van der Waals surface area (Å²) in [7, 11) is -3.77. The fraction of sp³-hybridized carbons (Fsp3) is 0.348. The van der Waals surface area contributed by atoms with Crippen LogP contribution in [0.1, 0.15) is 55.0 Å². The number of ether oxygens (including phenoxy) is 1. The fourth-order valence-electron chi connectivity index (χ4n) is 3.30. The Morgan fingerprint density at radius 3 is 1.97 bits per heavy atom. The molecule has 1 N–H and O–H groups in total. The largest absolute Gasteiger partial charge is 0.454 e. The third kappa shape index (κ3) is 5.37. The van der Waals surface area contributed by atoms with Crippen molar-refractivity contribution in [3.05, 3.63) is 63.2 Å². The quantitative estimate of drug-likeness (QED) is 0.380. The standard InChI is InChI=1S/C23H26N2O5S/c1-14-15(2)17(4)22(18(5)16(14)3)21(26)13-30-23(27)19-7-9-20(10-8-19)31(28,29)25-12-6-11-24/h7-10,25H,6,12-13H2,1-5H3. The summed E-state index contributed by atoms with van der Waals surface area (Å²) in [5.41, 5.74) is 5.67. The number of nitriles is 1. The first-order valence-corrected chi connectivity index (χ1v) is 11.2. The number of benzene rings is 2. The highest BCUT2D eigenvalue weighted by molar-refractivity contribution is 7.89. The molecule has 0 saturated heterocycles. The second-order valence-corrected chi connectivity index (χ2v) is 9.10. The maximum Gasteiger partial charge on any atom is 0.338 e. The number of ketones is 1. The van der Waals surface area contributed by atoms with Gasteiger partial charge in [0.1, 0.15) is 0 Å². The molecule has 0 heterocycles. The summed E-state index contributed by atoms with van der Waals surface area (Å²) in [4.78, 5) is 25.1. The lowest BCUT2D eigenvalue weighted by Crippen LogP contribution is -2.24. The van der Waals surface area contributed by atoms with Crippen molar-refractivity contribution in [1.82, 2.24) is 4.72 Å². The third-order valence-electron chi connectivity index (χ3n) is 5.54. The van der Waals surface area contributed by atoms with Gasteiger partial charge in [-0.1, -0.05) is 0 Å². The van der Waals surface area contributed by atoms with Crippen molar-refractivity contribution in [1.29, 1.82) is 5.26 Å². The smallest absolute Gasteiger partial charge is 0.338 e. The van der Waals surface area contributed by atoms with Gasteiger partial charge in [0.25, 0.3) is 0 Å². The number of sulfonamides is 1. The minimum Gasteiger partial charge on any atom is -0.454 e. The van der Waals surface area contributed by atoms with Crippen molar-refractivity contribution < 1.29 is 22.7 Å². The normalized spacial score (nSPS) is 11.1. The molecular weight excluding hydrogens is 416 g/mol. The second-order valence-electron chi connectivity index (χ2n) is 7.33. The minimum absolute atomic E-state index is 0.00152. The van der Waals surface area contributed by atoms with E-state index in [9.17, 15) is 18.0 Å². The van der Waals surface area contributed by atoms with Gasteiger partial charge in [0.2, 0.25) is 15.8 Å². The zero-order valence-corrected chi connectivity index (χ0v) is 19.1. The second kappa shape index (κ2) is 9.86. The van der Waals surface area contributed by atoms with E-state index in [0.29, 0.717) is 5.56 Å². The zero-order chi connectivity index (χ0) is 23.3. The van der Waals surface area contributed by atoms with Crippen molar-refractivity contribution in [2.75, 3.05) is 13.2 Å². The van der Waals surface area contributed by atoms with E-state index < -0.39 is 22.6 Å². The van der Waals surface area contributed by atoms with Crippen LogP contribution in [0.15, 0.2) is 29.2 Å². The van der Waals surface area contributed by atoms with Crippen LogP contribution in [0.3, 0.4) is 0 Å². The van der Waals surface area contributed by atoms with Crippen LogP contribution in [0.2, 0.25) is 0 Å². The number of esters is 1. The van der Waals surface area contributed by atoms with E-state index in [0.717, 1.165) is 27.8 Å². The van der Waals surface area contributed by atoms with Crippen molar-refractivity contribution in [3.63, 3.8) is 0 Å². The average molecular weight is 443 g/mol. The molecule has 8 heteroatoms. The molecule has 0 aliphatic carbocycles. The number of nitrogens with zero attached hydrogens (tertiary/aromatic N) is 1. The van der Waals surface area contributed by atoms with Crippen LogP contribution in [0.5, 0.6) is 0 Å². The Bertz CT molecular complexity index is 1130. The summed E-state index contributed by atoms with van der Waals surface area (Å²) in [5.74, 6) is -0.999. The molecule has 2 aromatic carbocycles. The fourth-order valence-corrected chi connectivity index (χ4v) is 4.33. The van der Waals surface area contributed by atoms with Crippen LogP contribution < -0.4 is 4.72 Å². The van der Waals surface area contributed by atoms with E-state index in [2.05, 4.69) is 4.72 Å². The minimum atomic E-state index is -3.77. The monoisotopic (exact) mass is 442 g/mol. The zero-order valence-electron chi connectivity index (χ0n) is 18.3. The predicted molar refractivity (Wildman–Crippen MR) is 117 cm³/mol. The molecule has 0 aliphatic rings. The molecule has 2 aromatic rings. The topological polar surface area (TPSA) is 113 Å². The van der Waals surface area contributed by atoms with E-state index in [1.54, 1.807) is 0 Å². The van der Waals surface area contributed by atoms with E-state index in [1.807, 2.05) is 40.7 Å². The van der Waals surface area contributed by atoms with E-state index >= 15 is 0 Å². The lowest BCUT2D eigenvalue weighted by molar-refractivity contribution is 0.0474. The number of carbonyl (C=O) groups excluding carboxylic acids is 2. The van der Waals surface area contributed by atoms with Crippen LogP contribution in [0.4, 0.5) is 0 Å². The van der Waals surface area contributed by atoms with Gasteiger partial charge in [0.05, 0.1) is 16.5 Å². The summed E-state index contributed by atoms with van der Waals surface area (Å²) < 4.78 is 31.7. The van der Waals surface area contributed by atoms with Gasteiger partial charge < -0.3 is 4.74 Å². The summed E-state index contributed by atoms with van der Waals surface area (Å²) in [5, 5.41) is 8.50. The number of rotatable bonds is 8. The van der Waals surface area contributed by atoms with Crippen LogP contribution in [-0.4, -0.2) is 33.3 Å². The van der Waals surface area contributed by atoms with Crippen LogP contribution in [-0.2, 0) is 14.8 Å². The maximum atomic E-state index is 12.8. The molecule has 0 saturated carbocycles. The van der Waals surface area contributed by atoms with Gasteiger partial charge in [-0.25, -0.2) is 17.9 Å². The van der Waals surface area contributed by atoms with Crippen molar-refractivity contribution >= 4 is 21.8 Å². The summed E-state index contributed by atoms with van der Waals surface area (Å²) in [6, 6.07) is 7.04. The van der Waals surface area contributed by atoms with Gasteiger partial charge in [-0.2, -0.15) is 5.26 Å². The summed E-state index contributed by atoms with van der Waals surface area (Å²) >= 11 is 0. The highest BCUT2D eigenvalue weighted by Crippen LogP contribution is 2.26. The molecule has 0 aliphatic heterocycles. The molecule has 31 heavy (non-hydrogen) atoms. The van der Waals surface area contributed by atoms with Gasteiger partial charge in [-0.3, -0.25) is 4.79 Å². The summed E-state index contributed by atoms with van der Waals surface area (Å²) in [6.07, 6.45) is 0.0522. The molecule has 7 nitrogen and oxygen atoms in total. The first-order valence-electron chi connectivity index (χ1n) is 9.75. The van der Waals surface area contributed by atoms with E-state index in [4.69, 9.17) is 10.00 Å².